The van der Waals surface area contributed by atoms with Crippen molar-refractivity contribution >= 4 is 51.2 Å². The standard InChI is InChI=1S/C29H39ClN4O7S/c1-19(2)41-28(38)31-23-10-7-5-3-4-6-9-20-17-29(20,18-25(35)24-11-8-16-34(24)26(23)36)27(37)33-42(39,40)32-22-14-12-21(30)13-15-22/h6,9,12-15,19-20,23-24,32H,3-5,7-8,10-11,16-18H2,1-2H3,(H,31,38)(H,33,37)/b9-6-/t20-,23+,24+,29-/m1/s1. The zero-order chi connectivity index (χ0) is 30.5. The molecule has 3 N–H and O–H groups in total. The number of nitrogens with zero attached hydrogens (tertiary/aromatic N) is 1. The molecule has 2 aliphatic heterocycles. The topological polar surface area (TPSA) is 151 Å². The minimum absolute atomic E-state index is 0.202. The fraction of sp³-hybridized carbons (Fsp3) is 0.586. The van der Waals surface area contributed by atoms with Gasteiger partial charge in [0.1, 0.15) is 6.04 Å². The van der Waals surface area contributed by atoms with E-state index in [1.165, 1.54) is 29.2 Å². The van der Waals surface area contributed by atoms with Gasteiger partial charge in [-0.3, -0.25) is 19.1 Å². The van der Waals surface area contributed by atoms with E-state index in [1.54, 1.807) is 13.8 Å². The minimum atomic E-state index is -4.29. The van der Waals surface area contributed by atoms with Gasteiger partial charge in [0, 0.05) is 18.0 Å². The average molecular weight is 623 g/mol. The van der Waals surface area contributed by atoms with Crippen molar-refractivity contribution < 1.29 is 32.3 Å². The molecule has 1 saturated heterocycles. The SMILES string of the molecule is CC(C)OC(=O)N[C@H]1CCCCC/C=C\[C@@H]2C[C@@]2(C(=O)NS(=O)(=O)Nc2ccc(Cl)cc2)CC(=O)[C@@H]2CCCN2C1=O. The summed E-state index contributed by atoms with van der Waals surface area (Å²) in [6, 6.07) is 4.38. The molecule has 3 aliphatic rings. The molecule has 0 spiro atoms. The predicted molar refractivity (Wildman–Crippen MR) is 158 cm³/mol. The van der Waals surface area contributed by atoms with E-state index in [4.69, 9.17) is 16.3 Å². The number of hydrogen-bond donors (Lipinski definition) is 3. The maximum Gasteiger partial charge on any atom is 0.408 e. The van der Waals surface area contributed by atoms with Gasteiger partial charge >= 0.3 is 16.3 Å². The van der Waals surface area contributed by atoms with Gasteiger partial charge in [-0.25, -0.2) is 9.52 Å². The van der Waals surface area contributed by atoms with Crippen molar-refractivity contribution in [3.8, 4) is 0 Å². The van der Waals surface area contributed by atoms with Crippen LogP contribution in [0.15, 0.2) is 36.4 Å². The number of allylic oxidation sites excluding steroid dienone is 2. The fourth-order valence-electron chi connectivity index (χ4n) is 5.74. The van der Waals surface area contributed by atoms with Crippen LogP contribution in [0.3, 0.4) is 0 Å². The molecule has 1 saturated carbocycles. The molecule has 2 heterocycles. The summed E-state index contributed by atoms with van der Waals surface area (Å²) in [7, 11) is -4.29. The smallest absolute Gasteiger partial charge is 0.408 e. The summed E-state index contributed by atoms with van der Waals surface area (Å²) in [5.41, 5.74) is -1.01. The zero-order valence-electron chi connectivity index (χ0n) is 23.9. The normalized spacial score (nSPS) is 27.6. The lowest BCUT2D eigenvalue weighted by atomic mass is 9.91. The number of amides is 3. The largest absolute Gasteiger partial charge is 0.447 e. The second kappa shape index (κ2) is 13.5. The van der Waals surface area contributed by atoms with Gasteiger partial charge in [-0.1, -0.05) is 36.6 Å². The van der Waals surface area contributed by atoms with E-state index in [-0.39, 0.29) is 35.8 Å². The second-order valence-corrected chi connectivity index (χ2v) is 13.4. The van der Waals surface area contributed by atoms with E-state index >= 15 is 0 Å². The molecule has 4 rings (SSSR count). The van der Waals surface area contributed by atoms with Gasteiger partial charge in [0.2, 0.25) is 11.8 Å². The minimum Gasteiger partial charge on any atom is -0.447 e. The number of ketones is 1. The van der Waals surface area contributed by atoms with Crippen LogP contribution < -0.4 is 14.8 Å². The fourth-order valence-corrected chi connectivity index (χ4v) is 6.81. The lowest BCUT2D eigenvalue weighted by Crippen LogP contribution is -2.52. The first-order valence-electron chi connectivity index (χ1n) is 14.5. The second-order valence-electron chi connectivity index (χ2n) is 11.6. The Labute approximate surface area is 251 Å². The first kappa shape index (κ1) is 31.8. The van der Waals surface area contributed by atoms with Crippen LogP contribution in [0.1, 0.15) is 71.6 Å². The first-order chi connectivity index (χ1) is 19.9. The van der Waals surface area contributed by atoms with Gasteiger partial charge < -0.3 is 15.0 Å². The van der Waals surface area contributed by atoms with Gasteiger partial charge in [-0.2, -0.15) is 8.42 Å². The highest BCUT2D eigenvalue weighted by atomic mass is 35.5. The van der Waals surface area contributed by atoms with Crippen molar-refractivity contribution in [3.63, 3.8) is 0 Å². The highest BCUT2D eigenvalue weighted by Crippen LogP contribution is 2.57. The van der Waals surface area contributed by atoms with Crippen LogP contribution >= 0.6 is 11.6 Å². The molecule has 0 bridgehead atoms. The van der Waals surface area contributed by atoms with Gasteiger partial charge in [0.15, 0.2) is 5.78 Å². The number of nitrogens with one attached hydrogen (secondary N) is 3. The van der Waals surface area contributed by atoms with Crippen molar-refractivity contribution in [2.45, 2.75) is 89.8 Å². The quantitative estimate of drug-likeness (QED) is 0.404. The maximum atomic E-state index is 13.7. The summed E-state index contributed by atoms with van der Waals surface area (Å²) in [5, 5.41) is 3.12. The number of hydrogen-bond acceptors (Lipinski definition) is 7. The molecule has 42 heavy (non-hydrogen) atoms. The Morgan fingerprint density at radius 2 is 1.81 bits per heavy atom. The third-order valence-electron chi connectivity index (χ3n) is 7.97. The number of carbonyl (C=O) groups is 4. The van der Waals surface area contributed by atoms with Crippen LogP contribution in [0, 0.1) is 11.3 Å². The highest BCUT2D eigenvalue weighted by Gasteiger charge is 2.61. The summed E-state index contributed by atoms with van der Waals surface area (Å²) in [6.45, 7) is 3.79. The van der Waals surface area contributed by atoms with Gasteiger partial charge in [-0.15, -0.1) is 0 Å². The molecule has 11 nitrogen and oxygen atoms in total. The molecular weight excluding hydrogens is 584 g/mol. The molecule has 2 fully saturated rings. The Morgan fingerprint density at radius 1 is 1.07 bits per heavy atom. The van der Waals surface area contributed by atoms with Crippen LogP contribution in [-0.4, -0.2) is 61.7 Å². The molecule has 0 unspecified atom stereocenters. The summed E-state index contributed by atoms with van der Waals surface area (Å²) in [5.74, 6) is -1.71. The van der Waals surface area contributed by atoms with Crippen molar-refractivity contribution in [1.82, 2.24) is 14.9 Å². The summed E-state index contributed by atoms with van der Waals surface area (Å²) >= 11 is 5.87. The van der Waals surface area contributed by atoms with E-state index < -0.39 is 39.7 Å². The number of fused-ring (bicyclic) bond motifs is 2. The van der Waals surface area contributed by atoms with Gasteiger partial charge in [-0.05, 0) is 82.6 Å². The molecule has 13 heteroatoms. The Hall–Kier alpha value is -3.12. The number of alkyl carbamates (subject to hydrolysis) is 1. The first-order valence-corrected chi connectivity index (χ1v) is 16.3. The van der Waals surface area contributed by atoms with Crippen molar-refractivity contribution in [3.05, 3.63) is 41.4 Å². The molecule has 4 atom stereocenters. The van der Waals surface area contributed by atoms with E-state index in [1.807, 2.05) is 12.2 Å². The lowest BCUT2D eigenvalue weighted by molar-refractivity contribution is -0.140. The Morgan fingerprint density at radius 3 is 2.52 bits per heavy atom. The third kappa shape index (κ3) is 8.03. The number of Topliss-reactive ketones (excluding diaryl/α,β-unsaturated/α-hetero) is 1. The lowest BCUT2D eigenvalue weighted by Gasteiger charge is -2.29. The Kier molecular flexibility index (Phi) is 10.2. The number of carbonyl (C=O) groups excluding carboxylic acids is 4. The van der Waals surface area contributed by atoms with Crippen molar-refractivity contribution in [1.29, 1.82) is 0 Å². The average Bonchev–Trinajstić information content (AvgIpc) is 3.37. The van der Waals surface area contributed by atoms with E-state index in [2.05, 4.69) is 14.8 Å². The monoisotopic (exact) mass is 622 g/mol. The number of ether oxygens (including phenoxy) is 1. The van der Waals surface area contributed by atoms with E-state index in [9.17, 15) is 27.6 Å². The number of rotatable bonds is 6. The Bertz CT molecular complexity index is 1320. The van der Waals surface area contributed by atoms with Gasteiger partial charge in [0.25, 0.3) is 0 Å². The number of halogens is 1. The Balaban J connectivity index is 1.53. The van der Waals surface area contributed by atoms with Crippen LogP contribution in [0.25, 0.3) is 0 Å². The van der Waals surface area contributed by atoms with Gasteiger partial charge in [0.05, 0.1) is 23.2 Å². The molecule has 1 aromatic carbocycles. The summed E-state index contributed by atoms with van der Waals surface area (Å²) in [4.78, 5) is 54.7. The summed E-state index contributed by atoms with van der Waals surface area (Å²) < 4.78 is 35.3. The zero-order valence-corrected chi connectivity index (χ0v) is 25.5. The molecule has 3 amide bonds. The number of anilines is 1. The molecule has 0 aromatic heterocycles. The maximum absolute atomic E-state index is 13.7. The molecule has 1 aliphatic carbocycles. The van der Waals surface area contributed by atoms with E-state index in [0.29, 0.717) is 43.7 Å². The third-order valence-corrected chi connectivity index (χ3v) is 9.18. The molecule has 230 valence electrons. The molecule has 1 aromatic rings. The van der Waals surface area contributed by atoms with Crippen LogP contribution in [0.2, 0.25) is 5.02 Å². The summed E-state index contributed by atoms with van der Waals surface area (Å²) in [6.07, 6.45) is 7.49. The molecule has 0 radical (unpaired) electrons. The van der Waals surface area contributed by atoms with Crippen LogP contribution in [-0.2, 0) is 29.3 Å². The van der Waals surface area contributed by atoms with Crippen LogP contribution in [0.5, 0.6) is 0 Å². The number of benzene rings is 1. The predicted octanol–water partition coefficient (Wildman–Crippen LogP) is 4.09. The van der Waals surface area contributed by atoms with Crippen LogP contribution in [0.4, 0.5) is 10.5 Å². The highest BCUT2D eigenvalue weighted by molar-refractivity contribution is 7.91. The molecular formula is C29H39ClN4O7S. The van der Waals surface area contributed by atoms with E-state index in [0.717, 1.165) is 19.3 Å². The van der Waals surface area contributed by atoms with Crippen molar-refractivity contribution in [2.75, 3.05) is 11.3 Å². The van der Waals surface area contributed by atoms with Crippen molar-refractivity contribution in [2.24, 2.45) is 11.3 Å².